The van der Waals surface area contributed by atoms with E-state index in [4.69, 9.17) is 0 Å². The highest BCUT2D eigenvalue weighted by molar-refractivity contribution is 6.17. The lowest BCUT2D eigenvalue weighted by Crippen LogP contribution is -2.21. The van der Waals surface area contributed by atoms with Crippen molar-refractivity contribution in [2.45, 2.75) is 97.3 Å². The standard InChI is InChI=1S/C35H40O2/c1-3-4-5-6-7-8-9-10-11-12-13-25-15-17-27-21-29-22-28-20-26-16-14-24(2)18-30(26)34(36)32(28)23-33(29)35(37)31(27)19-25/h14-19,22-23H,3-13,20-21H2,1-2H3. The van der Waals surface area contributed by atoms with Gasteiger partial charge in [0.25, 0.3) is 0 Å². The highest BCUT2D eigenvalue weighted by atomic mass is 16.1. The van der Waals surface area contributed by atoms with Crippen LogP contribution in [0, 0.1) is 6.92 Å². The van der Waals surface area contributed by atoms with Crippen molar-refractivity contribution < 1.29 is 9.59 Å². The van der Waals surface area contributed by atoms with Gasteiger partial charge in [-0.2, -0.15) is 0 Å². The fourth-order valence-corrected chi connectivity index (χ4v) is 6.13. The van der Waals surface area contributed by atoms with Crippen LogP contribution in [0.5, 0.6) is 0 Å². The Hall–Kier alpha value is -3.00. The fraction of sp³-hybridized carbons (Fsp3) is 0.429. The molecule has 0 spiro atoms. The van der Waals surface area contributed by atoms with Crippen molar-refractivity contribution in [1.29, 1.82) is 0 Å². The average molecular weight is 493 g/mol. The second-order valence-corrected chi connectivity index (χ2v) is 11.3. The highest BCUT2D eigenvalue weighted by Gasteiger charge is 2.29. The van der Waals surface area contributed by atoms with Gasteiger partial charge in [-0.15, -0.1) is 0 Å². The van der Waals surface area contributed by atoms with Crippen molar-refractivity contribution in [3.05, 3.63) is 104 Å². The van der Waals surface area contributed by atoms with E-state index in [-0.39, 0.29) is 11.6 Å². The number of rotatable bonds is 11. The van der Waals surface area contributed by atoms with Gasteiger partial charge in [0.05, 0.1) is 0 Å². The smallest absolute Gasteiger partial charge is 0.193 e. The van der Waals surface area contributed by atoms with Crippen LogP contribution in [0.1, 0.15) is 136 Å². The van der Waals surface area contributed by atoms with Crippen molar-refractivity contribution in [2.75, 3.05) is 0 Å². The molecule has 5 rings (SSSR count). The Labute approximate surface area is 222 Å². The van der Waals surface area contributed by atoms with Gasteiger partial charge < -0.3 is 0 Å². The molecule has 0 aromatic heterocycles. The van der Waals surface area contributed by atoms with Gasteiger partial charge in [0.15, 0.2) is 11.6 Å². The minimum atomic E-state index is 0.0519. The van der Waals surface area contributed by atoms with E-state index >= 15 is 0 Å². The van der Waals surface area contributed by atoms with E-state index in [1.807, 2.05) is 19.1 Å². The molecule has 0 fully saturated rings. The summed E-state index contributed by atoms with van der Waals surface area (Å²) in [5, 5.41) is 0. The van der Waals surface area contributed by atoms with Gasteiger partial charge in [-0.1, -0.05) is 101 Å². The van der Waals surface area contributed by atoms with E-state index in [1.54, 1.807) is 0 Å². The molecule has 2 aliphatic carbocycles. The van der Waals surface area contributed by atoms with Crippen molar-refractivity contribution in [3.63, 3.8) is 0 Å². The number of hydrogen-bond donors (Lipinski definition) is 0. The summed E-state index contributed by atoms with van der Waals surface area (Å²) < 4.78 is 0. The number of carbonyl (C=O) groups excluding carboxylic acids is 2. The van der Waals surface area contributed by atoms with Crippen LogP contribution in [0.15, 0.2) is 48.5 Å². The van der Waals surface area contributed by atoms with Gasteiger partial charge in [-0.3, -0.25) is 9.59 Å². The van der Waals surface area contributed by atoms with E-state index in [0.717, 1.165) is 58.2 Å². The molecule has 0 saturated carbocycles. The molecule has 3 aromatic carbocycles. The van der Waals surface area contributed by atoms with Gasteiger partial charge in [0.2, 0.25) is 0 Å². The van der Waals surface area contributed by atoms with Crippen LogP contribution in [0.25, 0.3) is 0 Å². The molecule has 3 aromatic rings. The Bertz CT molecular complexity index is 1310. The lowest BCUT2D eigenvalue weighted by Gasteiger charge is -2.25. The third-order valence-electron chi connectivity index (χ3n) is 8.33. The number of carbonyl (C=O) groups is 2. The fourth-order valence-electron chi connectivity index (χ4n) is 6.13. The second-order valence-electron chi connectivity index (χ2n) is 11.3. The molecule has 0 N–H and O–H groups in total. The van der Waals surface area contributed by atoms with Crippen molar-refractivity contribution in [3.8, 4) is 0 Å². The molecule has 0 aliphatic heterocycles. The maximum Gasteiger partial charge on any atom is 0.193 e. The van der Waals surface area contributed by atoms with Gasteiger partial charge in [0, 0.05) is 22.3 Å². The average Bonchev–Trinajstić information content (AvgIpc) is 2.90. The van der Waals surface area contributed by atoms with E-state index < -0.39 is 0 Å². The van der Waals surface area contributed by atoms with Gasteiger partial charge in [0.1, 0.15) is 0 Å². The molecule has 192 valence electrons. The quantitative estimate of drug-likeness (QED) is 0.173. The maximum atomic E-state index is 13.6. The predicted octanol–water partition coefficient (Wildman–Crippen LogP) is 8.73. The van der Waals surface area contributed by atoms with E-state index in [0.29, 0.717) is 11.1 Å². The SMILES string of the molecule is CCCCCCCCCCCCc1ccc2c(c1)C(=O)c1cc3c(cc1C2)Cc1ccc(C)cc1C3=O. The Balaban J connectivity index is 1.21. The van der Waals surface area contributed by atoms with Crippen molar-refractivity contribution in [1.82, 2.24) is 0 Å². The molecule has 37 heavy (non-hydrogen) atoms. The minimum absolute atomic E-state index is 0.0519. The molecule has 0 unspecified atom stereocenters. The molecular formula is C35H40O2. The summed E-state index contributed by atoms with van der Waals surface area (Å²) in [5.41, 5.74) is 9.69. The van der Waals surface area contributed by atoms with E-state index in [1.165, 1.54) is 69.8 Å². The first-order chi connectivity index (χ1) is 18.0. The monoisotopic (exact) mass is 492 g/mol. The lowest BCUT2D eigenvalue weighted by molar-refractivity contribution is 0.103. The summed E-state index contributed by atoms with van der Waals surface area (Å²) in [6, 6.07) is 16.6. The predicted molar refractivity (Wildman–Crippen MR) is 152 cm³/mol. The van der Waals surface area contributed by atoms with E-state index in [9.17, 15) is 9.59 Å². The molecule has 2 heteroatoms. The Morgan fingerprint density at radius 3 is 1.68 bits per heavy atom. The molecule has 0 radical (unpaired) electrons. The van der Waals surface area contributed by atoms with Crippen LogP contribution < -0.4 is 0 Å². The topological polar surface area (TPSA) is 34.1 Å². The summed E-state index contributed by atoms with van der Waals surface area (Å²) in [4.78, 5) is 26.9. The summed E-state index contributed by atoms with van der Waals surface area (Å²) >= 11 is 0. The number of hydrogen-bond acceptors (Lipinski definition) is 2. The third-order valence-corrected chi connectivity index (χ3v) is 8.33. The summed E-state index contributed by atoms with van der Waals surface area (Å²) in [5.74, 6) is 0.128. The van der Waals surface area contributed by atoms with Crippen molar-refractivity contribution >= 4 is 11.6 Å². The second kappa shape index (κ2) is 11.6. The molecule has 0 saturated heterocycles. The van der Waals surface area contributed by atoms with Crippen LogP contribution in [0.4, 0.5) is 0 Å². The van der Waals surface area contributed by atoms with Crippen LogP contribution in [0.2, 0.25) is 0 Å². The van der Waals surface area contributed by atoms with Crippen molar-refractivity contribution in [2.24, 2.45) is 0 Å². The Kier molecular flexibility index (Phi) is 8.03. The van der Waals surface area contributed by atoms with Gasteiger partial charge in [-0.25, -0.2) is 0 Å². The minimum Gasteiger partial charge on any atom is -0.289 e. The van der Waals surface area contributed by atoms with E-state index in [2.05, 4.69) is 43.3 Å². The first kappa shape index (κ1) is 25.6. The van der Waals surface area contributed by atoms with Gasteiger partial charge >= 0.3 is 0 Å². The normalized spacial score (nSPS) is 13.7. The zero-order valence-electron chi connectivity index (χ0n) is 22.6. The van der Waals surface area contributed by atoms with Gasteiger partial charge in [-0.05, 0) is 78.6 Å². The van der Waals surface area contributed by atoms with Crippen LogP contribution in [-0.2, 0) is 19.3 Å². The van der Waals surface area contributed by atoms with Crippen LogP contribution >= 0.6 is 0 Å². The van der Waals surface area contributed by atoms with Crippen LogP contribution in [0.3, 0.4) is 0 Å². The molecule has 0 heterocycles. The number of aryl methyl sites for hydroxylation is 2. The number of unbranched alkanes of at least 4 members (excludes halogenated alkanes) is 9. The summed E-state index contributed by atoms with van der Waals surface area (Å²) in [7, 11) is 0. The van der Waals surface area contributed by atoms with Crippen LogP contribution in [-0.4, -0.2) is 11.6 Å². The molecule has 2 nitrogen and oxygen atoms in total. The molecule has 0 amide bonds. The molecular weight excluding hydrogens is 452 g/mol. The lowest BCUT2D eigenvalue weighted by atomic mass is 9.77. The number of benzene rings is 3. The first-order valence-electron chi connectivity index (χ1n) is 14.5. The summed E-state index contributed by atoms with van der Waals surface area (Å²) in [6.45, 7) is 4.29. The largest absolute Gasteiger partial charge is 0.289 e. The molecule has 0 bridgehead atoms. The summed E-state index contributed by atoms with van der Waals surface area (Å²) in [6.07, 6.45) is 15.9. The number of fused-ring (bicyclic) bond motifs is 4. The molecule has 0 atom stereocenters. The Morgan fingerprint density at radius 2 is 1.05 bits per heavy atom. The first-order valence-corrected chi connectivity index (χ1v) is 14.5. The zero-order valence-corrected chi connectivity index (χ0v) is 22.6. The highest BCUT2D eigenvalue weighted by Crippen LogP contribution is 2.35. The zero-order chi connectivity index (χ0) is 25.8. The molecule has 2 aliphatic rings. The maximum absolute atomic E-state index is 13.6. The number of ketones is 2. The Morgan fingerprint density at radius 1 is 0.541 bits per heavy atom. The third kappa shape index (κ3) is 5.64.